The number of anilines is 1. The van der Waals surface area contributed by atoms with E-state index in [1.54, 1.807) is 23.0 Å². The van der Waals surface area contributed by atoms with Crippen molar-refractivity contribution in [1.82, 2.24) is 14.7 Å². The lowest BCUT2D eigenvalue weighted by Gasteiger charge is -2.24. The van der Waals surface area contributed by atoms with Gasteiger partial charge >= 0.3 is 5.97 Å². The number of fused-ring (bicyclic) bond motifs is 1. The molecule has 0 bridgehead atoms. The molecule has 3 aromatic rings. The molecule has 6 rings (SSSR count). The third-order valence-corrected chi connectivity index (χ3v) is 6.52. The van der Waals surface area contributed by atoms with Crippen LogP contribution in [0.5, 0.6) is 0 Å². The number of para-hydroxylation sites is 1. The summed E-state index contributed by atoms with van der Waals surface area (Å²) in [7, 11) is 0. The van der Waals surface area contributed by atoms with Crippen LogP contribution < -0.4 is 10.2 Å². The number of ether oxygens (including phenoxy) is 1. The Morgan fingerprint density at radius 2 is 1.97 bits per heavy atom. The van der Waals surface area contributed by atoms with Crippen molar-refractivity contribution >= 4 is 40.4 Å². The van der Waals surface area contributed by atoms with Crippen LogP contribution in [0.2, 0.25) is 0 Å². The van der Waals surface area contributed by atoms with Crippen molar-refractivity contribution in [3.8, 4) is 0 Å². The van der Waals surface area contributed by atoms with Gasteiger partial charge in [-0.25, -0.2) is 4.98 Å². The normalized spacial score (nSPS) is 18.6. The maximum absolute atomic E-state index is 13.1. The summed E-state index contributed by atoms with van der Waals surface area (Å²) >= 11 is 0. The Bertz CT molecular complexity index is 1540. The lowest BCUT2D eigenvalue weighted by molar-refractivity contribution is -0.147. The molecule has 0 fully saturated rings. The van der Waals surface area contributed by atoms with Gasteiger partial charge in [0, 0.05) is 30.2 Å². The molecule has 180 valence electrons. The number of carbonyl (C=O) groups excluding carboxylic acids is 3. The number of imidazole rings is 1. The molecular weight excluding hydrogens is 458 g/mol. The van der Waals surface area contributed by atoms with Gasteiger partial charge in [0.1, 0.15) is 5.65 Å². The number of hydrogen-bond acceptors (Lipinski definition) is 7. The Kier molecular flexibility index (Phi) is 5.06. The Balaban J connectivity index is 1.47. The number of hydrogen-bond donors (Lipinski definition) is 1. The van der Waals surface area contributed by atoms with Crippen molar-refractivity contribution < 1.29 is 19.1 Å². The van der Waals surface area contributed by atoms with Crippen molar-refractivity contribution in [3.63, 3.8) is 0 Å². The van der Waals surface area contributed by atoms with Crippen molar-refractivity contribution in [1.29, 1.82) is 0 Å². The van der Waals surface area contributed by atoms with Crippen molar-refractivity contribution in [3.05, 3.63) is 83.6 Å². The average Bonchev–Trinajstić information content (AvgIpc) is 3.44. The summed E-state index contributed by atoms with van der Waals surface area (Å²) in [6.07, 6.45) is 7.51. The second-order valence-electron chi connectivity index (χ2n) is 9.20. The van der Waals surface area contributed by atoms with Crippen LogP contribution in [0.25, 0.3) is 11.2 Å². The van der Waals surface area contributed by atoms with Crippen LogP contribution in [-0.4, -0.2) is 45.0 Å². The fourth-order valence-corrected chi connectivity index (χ4v) is 5.15. The number of nitrogens with zero attached hydrogens (tertiary/aromatic N) is 4. The molecule has 2 aromatic heterocycles. The predicted molar refractivity (Wildman–Crippen MR) is 133 cm³/mol. The number of aromatic nitrogens is 2. The largest absolute Gasteiger partial charge is 0.463 e. The molecule has 0 radical (unpaired) electrons. The Labute approximate surface area is 206 Å². The highest BCUT2D eigenvalue weighted by molar-refractivity contribution is 6.47. The zero-order valence-corrected chi connectivity index (χ0v) is 19.8. The predicted octanol–water partition coefficient (Wildman–Crippen LogP) is 2.79. The fourth-order valence-electron chi connectivity index (χ4n) is 5.15. The number of amides is 2. The molecule has 1 atom stereocenters. The van der Waals surface area contributed by atoms with Crippen LogP contribution in [0.3, 0.4) is 0 Å². The van der Waals surface area contributed by atoms with E-state index in [1.807, 2.05) is 61.3 Å². The minimum atomic E-state index is -0.505. The molecular formula is C27H23N5O4. The number of carbonyl (C=O) groups is 3. The van der Waals surface area contributed by atoms with Crippen LogP contribution in [0, 0.1) is 0 Å². The number of pyridine rings is 1. The summed E-state index contributed by atoms with van der Waals surface area (Å²) in [6, 6.07) is 11.2. The topological polar surface area (TPSA) is 105 Å². The molecule has 36 heavy (non-hydrogen) atoms. The lowest BCUT2D eigenvalue weighted by atomic mass is 9.94. The molecule has 5 heterocycles. The molecule has 3 aliphatic heterocycles. The van der Waals surface area contributed by atoms with Crippen LogP contribution in [0.15, 0.2) is 71.8 Å². The van der Waals surface area contributed by atoms with Crippen molar-refractivity contribution in [2.75, 3.05) is 4.90 Å². The Hall–Kier alpha value is -4.53. The smallest absolute Gasteiger partial charge is 0.308 e. The highest BCUT2D eigenvalue weighted by Gasteiger charge is 2.40. The summed E-state index contributed by atoms with van der Waals surface area (Å²) < 4.78 is 7.15. The number of esters is 1. The van der Waals surface area contributed by atoms with Crippen molar-refractivity contribution in [2.45, 2.75) is 38.8 Å². The number of benzene rings is 1. The monoisotopic (exact) mass is 481 g/mol. The second kappa shape index (κ2) is 8.30. The molecule has 0 saturated carbocycles. The van der Waals surface area contributed by atoms with E-state index in [2.05, 4.69) is 15.3 Å². The summed E-state index contributed by atoms with van der Waals surface area (Å²) in [5, 5.41) is 2.44. The molecule has 0 aliphatic carbocycles. The molecule has 2 amide bonds. The zero-order chi connectivity index (χ0) is 25.0. The molecule has 1 aromatic carbocycles. The number of nitrogens with one attached hydrogen (secondary N) is 1. The summed E-state index contributed by atoms with van der Waals surface area (Å²) in [5.41, 5.74) is 4.65. The van der Waals surface area contributed by atoms with E-state index < -0.39 is 11.8 Å². The van der Waals surface area contributed by atoms with Crippen LogP contribution in [0.4, 0.5) is 5.69 Å². The second-order valence-corrected chi connectivity index (χ2v) is 9.20. The SMILES string of the molecule is CC(C)OC(=O)CC1Cc2cccc3c2N1C=CN=C3C1=C(c2cnc3ccccn23)C(=O)NC1=O. The molecule has 0 spiro atoms. The van der Waals surface area contributed by atoms with Crippen LogP contribution in [0.1, 0.15) is 37.1 Å². The third kappa shape index (κ3) is 3.43. The van der Waals surface area contributed by atoms with Crippen LogP contribution in [-0.2, 0) is 25.5 Å². The highest BCUT2D eigenvalue weighted by atomic mass is 16.5. The van der Waals surface area contributed by atoms with E-state index in [1.165, 1.54) is 0 Å². The fraction of sp³-hybridized carbons (Fsp3) is 0.222. The standard InChI is InChI=1S/C27H23N5O4/c1-15(2)36-21(33)13-17-12-16-6-5-7-18-24(28-9-11-31(17)25(16)18)23-22(26(34)30-27(23)35)19-14-29-20-8-3-4-10-32(19)20/h3-11,14-15,17H,12-13H2,1-2H3,(H,30,34,35). The quantitative estimate of drug-likeness (QED) is 0.444. The maximum atomic E-state index is 13.1. The minimum absolute atomic E-state index is 0.135. The van der Waals surface area contributed by atoms with Gasteiger partial charge in [0.2, 0.25) is 0 Å². The summed E-state index contributed by atoms with van der Waals surface area (Å²) in [5.74, 6) is -1.26. The van der Waals surface area contributed by atoms with Crippen LogP contribution >= 0.6 is 0 Å². The first-order chi connectivity index (χ1) is 17.4. The maximum Gasteiger partial charge on any atom is 0.308 e. The van der Waals surface area contributed by atoms with Gasteiger partial charge in [-0.1, -0.05) is 24.3 Å². The van der Waals surface area contributed by atoms with Gasteiger partial charge in [-0.15, -0.1) is 0 Å². The molecule has 0 saturated heterocycles. The van der Waals surface area contributed by atoms with Gasteiger partial charge in [0.25, 0.3) is 11.8 Å². The zero-order valence-electron chi connectivity index (χ0n) is 19.8. The average molecular weight is 482 g/mol. The first kappa shape index (κ1) is 22.0. The van der Waals surface area contributed by atoms with Gasteiger partial charge in [0.05, 0.1) is 47.0 Å². The molecule has 1 N–H and O–H groups in total. The molecule has 9 nitrogen and oxygen atoms in total. The minimum Gasteiger partial charge on any atom is -0.463 e. The number of rotatable bonds is 5. The Morgan fingerprint density at radius 3 is 2.81 bits per heavy atom. The molecule has 1 unspecified atom stereocenters. The number of imide groups is 1. The first-order valence-electron chi connectivity index (χ1n) is 11.8. The van der Waals surface area contributed by atoms with Crippen molar-refractivity contribution in [2.24, 2.45) is 4.99 Å². The summed E-state index contributed by atoms with van der Waals surface area (Å²) in [4.78, 5) is 49.6. The van der Waals surface area contributed by atoms with Gasteiger partial charge in [-0.3, -0.25) is 29.1 Å². The molecule has 3 aliphatic rings. The van der Waals surface area contributed by atoms with E-state index in [0.717, 1.165) is 16.8 Å². The van der Waals surface area contributed by atoms with Gasteiger partial charge in [-0.05, 0) is 38.0 Å². The lowest BCUT2D eigenvalue weighted by Crippen LogP contribution is -2.31. The third-order valence-electron chi connectivity index (χ3n) is 6.52. The summed E-state index contributed by atoms with van der Waals surface area (Å²) in [6.45, 7) is 3.66. The van der Waals surface area contributed by atoms with E-state index in [0.29, 0.717) is 23.5 Å². The highest BCUT2D eigenvalue weighted by Crippen LogP contribution is 2.41. The van der Waals surface area contributed by atoms with E-state index in [9.17, 15) is 14.4 Å². The van der Waals surface area contributed by atoms with E-state index >= 15 is 0 Å². The van der Waals surface area contributed by atoms with E-state index in [-0.39, 0.29) is 35.7 Å². The number of aliphatic imine (C=N–C) groups is 1. The van der Waals surface area contributed by atoms with Gasteiger partial charge in [0.15, 0.2) is 0 Å². The van der Waals surface area contributed by atoms with Gasteiger partial charge < -0.3 is 9.64 Å². The van der Waals surface area contributed by atoms with E-state index in [4.69, 9.17) is 4.74 Å². The van der Waals surface area contributed by atoms with Gasteiger partial charge in [-0.2, -0.15) is 0 Å². The Morgan fingerprint density at radius 1 is 1.14 bits per heavy atom. The first-order valence-corrected chi connectivity index (χ1v) is 11.8. The molecule has 9 heteroatoms.